The fraction of sp³-hybridized carbons (Fsp3) is 0.500. The summed E-state index contributed by atoms with van der Waals surface area (Å²) >= 11 is 0. The van der Waals surface area contributed by atoms with E-state index in [1.54, 1.807) is 0 Å². The molecule has 0 radical (unpaired) electrons. The molecule has 4 heteroatoms. The van der Waals surface area contributed by atoms with Crippen LogP contribution in [0.2, 0.25) is 0 Å². The molecule has 0 saturated heterocycles. The van der Waals surface area contributed by atoms with E-state index in [0.29, 0.717) is 18.9 Å². The molecule has 0 aliphatic carbocycles. The lowest BCUT2D eigenvalue weighted by molar-refractivity contribution is -0.146. The Labute approximate surface area is 144 Å². The topological polar surface area (TPSA) is 63.6 Å². The van der Waals surface area contributed by atoms with E-state index >= 15 is 0 Å². The van der Waals surface area contributed by atoms with Crippen molar-refractivity contribution in [2.75, 3.05) is 0 Å². The minimum Gasteiger partial charge on any atom is -0.481 e. The Morgan fingerprint density at radius 3 is 2.54 bits per heavy atom. The van der Waals surface area contributed by atoms with Crippen LogP contribution in [0.4, 0.5) is 0 Å². The van der Waals surface area contributed by atoms with Gasteiger partial charge in [-0.3, -0.25) is 9.59 Å². The minimum absolute atomic E-state index is 0.149. The van der Waals surface area contributed by atoms with Gasteiger partial charge < -0.3 is 9.84 Å². The Kier molecular flexibility index (Phi) is 10.3. The molecule has 132 valence electrons. The van der Waals surface area contributed by atoms with E-state index in [-0.39, 0.29) is 12.4 Å². The molecule has 0 unspecified atom stereocenters. The first kappa shape index (κ1) is 19.9. The molecule has 0 spiro atoms. The van der Waals surface area contributed by atoms with Crippen molar-refractivity contribution in [3.63, 3.8) is 0 Å². The van der Waals surface area contributed by atoms with E-state index in [1.807, 2.05) is 30.3 Å². The molecular weight excluding hydrogens is 304 g/mol. The van der Waals surface area contributed by atoms with Gasteiger partial charge >= 0.3 is 11.9 Å². The molecule has 24 heavy (non-hydrogen) atoms. The van der Waals surface area contributed by atoms with E-state index in [1.165, 1.54) is 0 Å². The number of carboxylic acids is 1. The van der Waals surface area contributed by atoms with Gasteiger partial charge in [0.2, 0.25) is 0 Å². The number of allylic oxidation sites excluding steroid dienone is 2. The molecule has 0 aliphatic heterocycles. The van der Waals surface area contributed by atoms with Crippen LogP contribution < -0.4 is 0 Å². The highest BCUT2D eigenvalue weighted by Gasteiger charge is 2.09. The van der Waals surface area contributed by atoms with Gasteiger partial charge in [-0.2, -0.15) is 0 Å². The highest BCUT2D eigenvalue weighted by Crippen LogP contribution is 2.13. The van der Waals surface area contributed by atoms with Crippen LogP contribution in [0, 0.1) is 5.92 Å². The second kappa shape index (κ2) is 12.3. The Balaban J connectivity index is 2.05. The molecule has 0 aliphatic rings. The van der Waals surface area contributed by atoms with E-state index in [9.17, 15) is 9.59 Å². The molecule has 4 nitrogen and oxygen atoms in total. The summed E-state index contributed by atoms with van der Waals surface area (Å²) in [5.41, 5.74) is 1.00. The average molecular weight is 332 g/mol. The van der Waals surface area contributed by atoms with Crippen molar-refractivity contribution in [3.8, 4) is 0 Å². The summed E-state index contributed by atoms with van der Waals surface area (Å²) in [6.45, 7) is 2.40. The molecule has 1 aromatic carbocycles. The maximum atomic E-state index is 11.8. The largest absolute Gasteiger partial charge is 0.481 e. The van der Waals surface area contributed by atoms with E-state index in [0.717, 1.165) is 37.7 Å². The first-order valence-corrected chi connectivity index (χ1v) is 8.64. The number of esters is 1. The maximum absolute atomic E-state index is 11.8. The maximum Gasteiger partial charge on any atom is 0.306 e. The molecule has 0 amide bonds. The number of ether oxygens (including phenoxy) is 1. The van der Waals surface area contributed by atoms with Crippen molar-refractivity contribution in [2.24, 2.45) is 5.92 Å². The quantitative estimate of drug-likeness (QED) is 0.341. The summed E-state index contributed by atoms with van der Waals surface area (Å²) in [5, 5.41) is 8.53. The van der Waals surface area contributed by atoms with Crippen LogP contribution in [0.5, 0.6) is 0 Å². The summed E-state index contributed by atoms with van der Waals surface area (Å²) in [6, 6.07) is 9.68. The van der Waals surface area contributed by atoms with Gasteiger partial charge in [-0.05, 0) is 43.6 Å². The summed E-state index contributed by atoms with van der Waals surface area (Å²) in [4.78, 5) is 22.2. The fourth-order valence-electron chi connectivity index (χ4n) is 2.34. The Bertz CT molecular complexity index is 508. The predicted octanol–water partition coefficient (Wildman–Crippen LogP) is 4.74. The van der Waals surface area contributed by atoms with Gasteiger partial charge in [-0.1, -0.05) is 49.4 Å². The van der Waals surface area contributed by atoms with Gasteiger partial charge in [0, 0.05) is 12.8 Å². The smallest absolute Gasteiger partial charge is 0.306 e. The third-order valence-corrected chi connectivity index (χ3v) is 3.76. The van der Waals surface area contributed by atoms with Crippen molar-refractivity contribution in [2.45, 2.75) is 58.5 Å². The van der Waals surface area contributed by atoms with Crippen molar-refractivity contribution in [1.82, 2.24) is 0 Å². The number of aliphatic carboxylic acids is 1. The van der Waals surface area contributed by atoms with Gasteiger partial charge in [0.1, 0.15) is 6.61 Å². The number of hydrogen-bond donors (Lipinski definition) is 1. The van der Waals surface area contributed by atoms with Gasteiger partial charge in [0.15, 0.2) is 0 Å². The second-order valence-electron chi connectivity index (χ2n) is 6.14. The van der Waals surface area contributed by atoms with Crippen LogP contribution >= 0.6 is 0 Å². The van der Waals surface area contributed by atoms with Crippen LogP contribution in [0.25, 0.3) is 0 Å². The van der Waals surface area contributed by atoms with E-state index < -0.39 is 5.97 Å². The van der Waals surface area contributed by atoms with Gasteiger partial charge in [-0.15, -0.1) is 0 Å². The monoisotopic (exact) mass is 332 g/mol. The third-order valence-electron chi connectivity index (χ3n) is 3.76. The van der Waals surface area contributed by atoms with Crippen molar-refractivity contribution in [1.29, 1.82) is 0 Å². The zero-order valence-corrected chi connectivity index (χ0v) is 14.4. The summed E-state index contributed by atoms with van der Waals surface area (Å²) in [6.07, 6.45) is 9.34. The number of carboxylic acid groups (broad SMARTS) is 1. The lowest BCUT2D eigenvalue weighted by Gasteiger charge is -2.10. The Morgan fingerprint density at radius 2 is 1.83 bits per heavy atom. The zero-order chi connectivity index (χ0) is 17.6. The number of carbonyl (C=O) groups is 2. The number of unbranched alkanes of at least 4 members (excludes halogenated alkanes) is 2. The molecule has 0 heterocycles. The molecule has 1 N–H and O–H groups in total. The van der Waals surface area contributed by atoms with E-state index in [4.69, 9.17) is 9.84 Å². The number of benzene rings is 1. The van der Waals surface area contributed by atoms with Crippen molar-refractivity contribution >= 4 is 11.9 Å². The highest BCUT2D eigenvalue weighted by atomic mass is 16.5. The normalized spacial score (nSPS) is 12.2. The van der Waals surface area contributed by atoms with Crippen molar-refractivity contribution < 1.29 is 19.4 Å². The van der Waals surface area contributed by atoms with E-state index in [2.05, 4.69) is 19.1 Å². The van der Waals surface area contributed by atoms with Crippen LogP contribution in [0.15, 0.2) is 42.5 Å². The highest BCUT2D eigenvalue weighted by molar-refractivity contribution is 5.69. The molecule has 0 aromatic heterocycles. The minimum atomic E-state index is -0.730. The average Bonchev–Trinajstić information content (AvgIpc) is 2.56. The van der Waals surface area contributed by atoms with Crippen LogP contribution in [0.1, 0.15) is 57.4 Å². The fourth-order valence-corrected chi connectivity index (χ4v) is 2.34. The SMILES string of the molecule is C[C@H](CC/C=C/CCCCC(=O)O)CC(=O)OCc1ccccc1. The molecule has 0 saturated carbocycles. The molecule has 1 atom stereocenters. The summed E-state index contributed by atoms with van der Waals surface area (Å²) < 4.78 is 5.28. The second-order valence-corrected chi connectivity index (χ2v) is 6.14. The number of rotatable bonds is 12. The first-order valence-electron chi connectivity index (χ1n) is 8.64. The van der Waals surface area contributed by atoms with Crippen LogP contribution in [-0.4, -0.2) is 17.0 Å². The Morgan fingerprint density at radius 1 is 1.12 bits per heavy atom. The first-order chi connectivity index (χ1) is 11.6. The molecule has 0 fully saturated rings. The zero-order valence-electron chi connectivity index (χ0n) is 14.4. The number of carbonyl (C=O) groups excluding carboxylic acids is 1. The third kappa shape index (κ3) is 10.6. The lowest BCUT2D eigenvalue weighted by atomic mass is 10.0. The van der Waals surface area contributed by atoms with Crippen LogP contribution in [0.3, 0.4) is 0 Å². The van der Waals surface area contributed by atoms with Gasteiger partial charge in [-0.25, -0.2) is 0 Å². The lowest BCUT2D eigenvalue weighted by Crippen LogP contribution is -2.09. The molecular formula is C20H28O4. The van der Waals surface area contributed by atoms with Crippen molar-refractivity contribution in [3.05, 3.63) is 48.0 Å². The predicted molar refractivity (Wildman–Crippen MR) is 94.5 cm³/mol. The van der Waals surface area contributed by atoms with Gasteiger partial charge in [0.25, 0.3) is 0 Å². The molecule has 1 aromatic rings. The molecule has 0 bridgehead atoms. The standard InChI is InChI=1S/C20H28O4/c1-17(11-7-4-2-3-5-10-14-19(21)22)15-20(23)24-16-18-12-8-6-9-13-18/h2,4,6,8-9,12-13,17H,3,5,7,10-11,14-16H2,1H3,(H,21,22)/b4-2+/t17-/m1/s1. The van der Waals surface area contributed by atoms with Crippen LogP contribution in [-0.2, 0) is 20.9 Å². The number of hydrogen-bond acceptors (Lipinski definition) is 3. The summed E-state index contributed by atoms with van der Waals surface area (Å²) in [5.74, 6) is -0.583. The summed E-state index contributed by atoms with van der Waals surface area (Å²) in [7, 11) is 0. The Hall–Kier alpha value is -2.10. The molecule has 1 rings (SSSR count). The van der Waals surface area contributed by atoms with Gasteiger partial charge in [0.05, 0.1) is 0 Å².